The summed E-state index contributed by atoms with van der Waals surface area (Å²) >= 11 is 2.69. The number of amides is 1. The molecule has 1 aliphatic rings. The van der Waals surface area contributed by atoms with E-state index < -0.39 is 4.92 Å². The van der Waals surface area contributed by atoms with Gasteiger partial charge in [-0.05, 0) is 56.8 Å². The molecule has 1 fully saturated rings. The molecular weight excluding hydrogens is 422 g/mol. The zero-order chi connectivity index (χ0) is 21.3. The summed E-state index contributed by atoms with van der Waals surface area (Å²) < 4.78 is 5.33. The van der Waals surface area contributed by atoms with Crippen molar-refractivity contribution in [2.75, 3.05) is 5.75 Å². The number of hydrogen-bond donors (Lipinski definition) is 0. The highest BCUT2D eigenvalue weighted by atomic mass is 32.2. The van der Waals surface area contributed by atoms with Crippen molar-refractivity contribution in [3.63, 3.8) is 0 Å². The number of non-ortho nitro benzene ring substituents is 1. The number of benzene rings is 1. The summed E-state index contributed by atoms with van der Waals surface area (Å²) in [6.45, 7) is 4.22. The molecule has 156 valence electrons. The van der Waals surface area contributed by atoms with E-state index >= 15 is 0 Å². The highest BCUT2D eigenvalue weighted by Gasteiger charge is 2.29. The molecule has 3 aromatic rings. The molecule has 4 rings (SSSR count). The van der Waals surface area contributed by atoms with Gasteiger partial charge in [-0.25, -0.2) is 9.97 Å². The lowest BCUT2D eigenvalue weighted by molar-refractivity contribution is -0.384. The molecule has 0 aliphatic carbocycles. The normalized spacial score (nSPS) is 19.2. The third kappa shape index (κ3) is 4.01. The Kier molecular flexibility index (Phi) is 5.96. The van der Waals surface area contributed by atoms with Crippen LogP contribution >= 0.6 is 23.3 Å². The van der Waals surface area contributed by atoms with E-state index in [0.29, 0.717) is 17.0 Å². The maximum absolute atomic E-state index is 12.8. The highest BCUT2D eigenvalue weighted by molar-refractivity contribution is 8.00. The Bertz CT molecular complexity index is 1080. The summed E-state index contributed by atoms with van der Waals surface area (Å²) in [4.78, 5) is 34.0. The number of nitro benzene ring substituents is 1. The van der Waals surface area contributed by atoms with Crippen molar-refractivity contribution < 1.29 is 9.72 Å². The van der Waals surface area contributed by atoms with Crippen LogP contribution in [0.25, 0.3) is 21.5 Å². The van der Waals surface area contributed by atoms with Crippen molar-refractivity contribution in [2.24, 2.45) is 0 Å². The van der Waals surface area contributed by atoms with Crippen LogP contribution in [0.5, 0.6) is 0 Å². The van der Waals surface area contributed by atoms with Crippen LogP contribution < -0.4 is 0 Å². The Morgan fingerprint density at radius 1 is 1.23 bits per heavy atom. The Morgan fingerprint density at radius 3 is 2.60 bits per heavy atom. The summed E-state index contributed by atoms with van der Waals surface area (Å²) in [7, 11) is 0. The van der Waals surface area contributed by atoms with Crippen LogP contribution in [0.15, 0.2) is 35.6 Å². The molecular formula is C20H21N5O3S2. The van der Waals surface area contributed by atoms with Crippen LogP contribution in [0.2, 0.25) is 0 Å². The van der Waals surface area contributed by atoms with Gasteiger partial charge in [0.25, 0.3) is 5.69 Å². The number of aromatic nitrogens is 3. The largest absolute Gasteiger partial charge is 0.337 e. The van der Waals surface area contributed by atoms with E-state index in [9.17, 15) is 14.9 Å². The number of nitro groups is 1. The second-order valence-electron chi connectivity index (χ2n) is 7.41. The lowest BCUT2D eigenvalue weighted by Crippen LogP contribution is -2.48. The smallest absolute Gasteiger partial charge is 0.269 e. The summed E-state index contributed by atoms with van der Waals surface area (Å²) in [6.07, 6.45) is 4.74. The second kappa shape index (κ2) is 8.65. The topological polar surface area (TPSA) is 102 Å². The number of thioether (sulfide) groups is 1. The van der Waals surface area contributed by atoms with Crippen molar-refractivity contribution in [1.82, 2.24) is 19.2 Å². The molecule has 0 spiro atoms. The first-order valence-electron chi connectivity index (χ1n) is 9.75. The van der Waals surface area contributed by atoms with Crippen LogP contribution in [-0.4, -0.2) is 47.9 Å². The van der Waals surface area contributed by atoms with Crippen LogP contribution in [-0.2, 0) is 4.79 Å². The molecule has 2 aromatic heterocycles. The molecule has 1 aliphatic heterocycles. The van der Waals surface area contributed by atoms with E-state index in [0.717, 1.165) is 34.6 Å². The first-order chi connectivity index (χ1) is 14.5. The Morgan fingerprint density at radius 2 is 1.93 bits per heavy atom. The third-order valence-corrected chi connectivity index (χ3v) is 7.34. The fourth-order valence-electron chi connectivity index (χ4n) is 3.89. The van der Waals surface area contributed by atoms with Crippen LogP contribution in [0, 0.1) is 10.1 Å². The number of carbonyl (C=O) groups is 1. The SMILES string of the molecule is CC1CCCC(C)N1C(=O)CSc1ncnc2c(-c3ccc([N+](=O)[O-])cc3)nsc12. The van der Waals surface area contributed by atoms with Crippen LogP contribution in [0.3, 0.4) is 0 Å². The molecule has 1 aromatic carbocycles. The van der Waals surface area contributed by atoms with Gasteiger partial charge in [0.1, 0.15) is 27.3 Å². The molecule has 0 saturated carbocycles. The predicted octanol–water partition coefficient (Wildman–Crippen LogP) is 4.54. The van der Waals surface area contributed by atoms with Gasteiger partial charge in [-0.2, -0.15) is 4.37 Å². The summed E-state index contributed by atoms with van der Waals surface area (Å²) in [6, 6.07) is 6.79. The van der Waals surface area contributed by atoms with E-state index in [1.807, 2.05) is 4.90 Å². The Balaban J connectivity index is 1.55. The van der Waals surface area contributed by atoms with Gasteiger partial charge in [0.2, 0.25) is 5.91 Å². The van der Waals surface area contributed by atoms with Gasteiger partial charge in [-0.1, -0.05) is 11.8 Å². The molecule has 1 saturated heterocycles. The minimum atomic E-state index is -0.430. The number of hydrogen-bond acceptors (Lipinski definition) is 8. The van der Waals surface area contributed by atoms with E-state index in [2.05, 4.69) is 28.2 Å². The molecule has 10 heteroatoms. The number of fused-ring (bicyclic) bond motifs is 1. The summed E-state index contributed by atoms with van der Waals surface area (Å²) in [5.74, 6) is 0.456. The van der Waals surface area contributed by atoms with Gasteiger partial charge < -0.3 is 4.90 Å². The van der Waals surface area contributed by atoms with E-state index in [-0.39, 0.29) is 23.7 Å². The molecule has 2 atom stereocenters. The zero-order valence-corrected chi connectivity index (χ0v) is 18.3. The monoisotopic (exact) mass is 443 g/mol. The molecule has 0 bridgehead atoms. The second-order valence-corrected chi connectivity index (χ2v) is 9.15. The maximum Gasteiger partial charge on any atom is 0.269 e. The summed E-state index contributed by atoms with van der Waals surface area (Å²) in [5, 5.41) is 11.6. The van der Waals surface area contributed by atoms with Gasteiger partial charge in [0, 0.05) is 29.8 Å². The van der Waals surface area contributed by atoms with E-state index in [1.165, 1.54) is 41.8 Å². The molecule has 0 radical (unpaired) electrons. The minimum Gasteiger partial charge on any atom is -0.337 e. The van der Waals surface area contributed by atoms with E-state index in [1.54, 1.807) is 12.1 Å². The van der Waals surface area contributed by atoms with Crippen LogP contribution in [0.1, 0.15) is 33.1 Å². The molecule has 3 heterocycles. The minimum absolute atomic E-state index is 0.0313. The van der Waals surface area contributed by atoms with Gasteiger partial charge in [-0.15, -0.1) is 0 Å². The van der Waals surface area contributed by atoms with Gasteiger partial charge in [-0.3, -0.25) is 14.9 Å². The molecule has 8 nitrogen and oxygen atoms in total. The van der Waals surface area contributed by atoms with Gasteiger partial charge in [0.15, 0.2) is 0 Å². The lowest BCUT2D eigenvalue weighted by Gasteiger charge is -2.39. The third-order valence-electron chi connectivity index (χ3n) is 5.39. The number of likely N-dealkylation sites (tertiary alicyclic amines) is 1. The maximum atomic E-state index is 12.8. The highest BCUT2D eigenvalue weighted by Crippen LogP contribution is 2.35. The number of nitrogens with zero attached hydrogens (tertiary/aromatic N) is 5. The molecule has 1 amide bonds. The Hall–Kier alpha value is -2.59. The van der Waals surface area contributed by atoms with Crippen molar-refractivity contribution in [1.29, 1.82) is 0 Å². The van der Waals surface area contributed by atoms with Crippen molar-refractivity contribution in [3.05, 3.63) is 40.7 Å². The quantitative estimate of drug-likeness (QED) is 0.247. The average Bonchev–Trinajstić information content (AvgIpc) is 3.17. The molecule has 0 N–H and O–H groups in total. The Labute approximate surface area is 182 Å². The first-order valence-corrected chi connectivity index (χ1v) is 11.5. The van der Waals surface area contributed by atoms with Crippen molar-refractivity contribution >= 4 is 45.1 Å². The predicted molar refractivity (Wildman–Crippen MR) is 118 cm³/mol. The molecule has 30 heavy (non-hydrogen) atoms. The van der Waals surface area contributed by atoms with Crippen LogP contribution in [0.4, 0.5) is 5.69 Å². The fourth-order valence-corrected chi connectivity index (χ4v) is 5.68. The van der Waals surface area contributed by atoms with E-state index in [4.69, 9.17) is 0 Å². The average molecular weight is 444 g/mol. The van der Waals surface area contributed by atoms with Crippen molar-refractivity contribution in [3.8, 4) is 11.3 Å². The number of carbonyl (C=O) groups excluding carboxylic acids is 1. The fraction of sp³-hybridized carbons (Fsp3) is 0.400. The first kappa shape index (κ1) is 20.7. The lowest BCUT2D eigenvalue weighted by atomic mass is 9.98. The standard InChI is InChI=1S/C20H21N5O3S2/c1-12-4-3-5-13(2)24(12)16(26)10-29-20-19-18(21-11-22-20)17(23-30-19)14-6-8-15(9-7-14)25(27)28/h6-9,11-13H,3-5,10H2,1-2H3. The number of rotatable bonds is 5. The van der Waals surface area contributed by atoms with Gasteiger partial charge in [0.05, 0.1) is 10.7 Å². The van der Waals surface area contributed by atoms with Gasteiger partial charge >= 0.3 is 0 Å². The summed E-state index contributed by atoms with van der Waals surface area (Å²) in [5.41, 5.74) is 2.15. The van der Waals surface area contributed by atoms with Crippen molar-refractivity contribution in [2.45, 2.75) is 50.2 Å². The molecule has 2 unspecified atom stereocenters. The number of piperidine rings is 1. The zero-order valence-electron chi connectivity index (χ0n) is 16.6.